The number of ketones is 1. The van der Waals surface area contributed by atoms with Gasteiger partial charge in [0.05, 0.1) is 6.07 Å². The number of nitrogens with zero attached hydrogens (tertiary/aromatic N) is 2. The number of rotatable bonds is 6. The van der Waals surface area contributed by atoms with Crippen molar-refractivity contribution in [3.63, 3.8) is 0 Å². The van der Waals surface area contributed by atoms with Crippen LogP contribution in [0.3, 0.4) is 0 Å². The smallest absolute Gasteiger partial charge is 0.131 e. The van der Waals surface area contributed by atoms with E-state index in [1.54, 1.807) is 6.92 Å². The maximum atomic E-state index is 10.6. The third-order valence-electron chi connectivity index (χ3n) is 1.77. The van der Waals surface area contributed by atoms with Crippen molar-refractivity contribution in [2.45, 2.75) is 26.7 Å². The van der Waals surface area contributed by atoms with Gasteiger partial charge in [-0.15, -0.1) is 0 Å². The molecule has 0 amide bonds. The molecule has 0 N–H and O–H groups in total. The topological polar surface area (TPSA) is 44.1 Å². The fourth-order valence-corrected chi connectivity index (χ4v) is 0.952. The Kier molecular flexibility index (Phi) is 6.31. The SMILES string of the molecule is CCN(CCC#N)CCC(C)=O. The van der Waals surface area contributed by atoms with Gasteiger partial charge in [-0.2, -0.15) is 5.26 Å². The average Bonchev–Trinajstić information content (AvgIpc) is 2.05. The lowest BCUT2D eigenvalue weighted by atomic mass is 10.3. The zero-order valence-electron chi connectivity index (χ0n) is 7.84. The molecule has 0 saturated heterocycles. The van der Waals surface area contributed by atoms with E-state index in [2.05, 4.69) is 11.0 Å². The quantitative estimate of drug-likeness (QED) is 0.598. The number of carbonyl (C=O) groups is 1. The Bertz CT molecular complexity index is 172. The minimum Gasteiger partial charge on any atom is -0.302 e. The summed E-state index contributed by atoms with van der Waals surface area (Å²) in [7, 11) is 0. The standard InChI is InChI=1S/C9H16N2O/c1-3-11(7-4-6-10)8-5-9(2)12/h3-5,7-8H2,1-2H3. The highest BCUT2D eigenvalue weighted by Gasteiger charge is 2.02. The van der Waals surface area contributed by atoms with Crippen LogP contribution in [0.1, 0.15) is 26.7 Å². The summed E-state index contributed by atoms with van der Waals surface area (Å²) in [5, 5.41) is 8.34. The Morgan fingerprint density at radius 3 is 2.58 bits per heavy atom. The minimum atomic E-state index is 0.213. The molecule has 0 rings (SSSR count). The van der Waals surface area contributed by atoms with Crippen LogP contribution in [0, 0.1) is 11.3 Å². The van der Waals surface area contributed by atoms with Crippen LogP contribution in [-0.4, -0.2) is 30.3 Å². The molecule has 0 aromatic carbocycles. The van der Waals surface area contributed by atoms with Crippen LogP contribution in [0.2, 0.25) is 0 Å². The predicted octanol–water partition coefficient (Wildman–Crippen LogP) is 1.20. The third-order valence-corrected chi connectivity index (χ3v) is 1.77. The van der Waals surface area contributed by atoms with Gasteiger partial charge < -0.3 is 4.90 Å². The van der Waals surface area contributed by atoms with Gasteiger partial charge in [0.1, 0.15) is 5.78 Å². The Balaban J connectivity index is 3.54. The second-order valence-corrected chi connectivity index (χ2v) is 2.79. The molecule has 0 bridgehead atoms. The van der Waals surface area contributed by atoms with Gasteiger partial charge in [-0.05, 0) is 13.5 Å². The molecule has 0 aromatic rings. The number of hydrogen-bond acceptors (Lipinski definition) is 3. The normalized spacial score (nSPS) is 9.83. The van der Waals surface area contributed by atoms with Gasteiger partial charge in [-0.25, -0.2) is 0 Å². The molecule has 0 unspecified atom stereocenters. The van der Waals surface area contributed by atoms with Crippen molar-refractivity contribution in [2.75, 3.05) is 19.6 Å². The summed E-state index contributed by atoms with van der Waals surface area (Å²) in [6.07, 6.45) is 1.14. The molecule has 0 fully saturated rings. The van der Waals surface area contributed by atoms with E-state index in [4.69, 9.17) is 5.26 Å². The van der Waals surface area contributed by atoms with E-state index in [0.29, 0.717) is 12.8 Å². The molecule has 0 aliphatic carbocycles. The zero-order chi connectivity index (χ0) is 9.40. The molecular weight excluding hydrogens is 152 g/mol. The molecule has 0 radical (unpaired) electrons. The number of Topliss-reactive ketones (excluding diaryl/α,β-unsaturated/α-hetero) is 1. The largest absolute Gasteiger partial charge is 0.302 e. The highest BCUT2D eigenvalue weighted by Crippen LogP contribution is 1.93. The van der Waals surface area contributed by atoms with Crippen molar-refractivity contribution >= 4 is 5.78 Å². The van der Waals surface area contributed by atoms with Crippen molar-refractivity contribution in [2.24, 2.45) is 0 Å². The molecule has 68 valence electrons. The van der Waals surface area contributed by atoms with E-state index in [1.807, 2.05) is 6.92 Å². The fourth-order valence-electron chi connectivity index (χ4n) is 0.952. The summed E-state index contributed by atoms with van der Waals surface area (Å²) in [6.45, 7) is 6.11. The number of nitriles is 1. The molecule has 0 aliphatic rings. The second kappa shape index (κ2) is 6.81. The zero-order valence-corrected chi connectivity index (χ0v) is 7.84. The van der Waals surface area contributed by atoms with Crippen molar-refractivity contribution in [1.29, 1.82) is 5.26 Å². The van der Waals surface area contributed by atoms with Crippen LogP contribution in [-0.2, 0) is 4.79 Å². The molecule has 0 aliphatic heterocycles. The van der Waals surface area contributed by atoms with E-state index in [1.165, 1.54) is 0 Å². The van der Waals surface area contributed by atoms with Crippen LogP contribution in [0.5, 0.6) is 0 Å². The maximum Gasteiger partial charge on any atom is 0.131 e. The monoisotopic (exact) mass is 168 g/mol. The van der Waals surface area contributed by atoms with Gasteiger partial charge >= 0.3 is 0 Å². The van der Waals surface area contributed by atoms with Gasteiger partial charge in [-0.3, -0.25) is 4.79 Å². The van der Waals surface area contributed by atoms with E-state index in [0.717, 1.165) is 19.6 Å². The van der Waals surface area contributed by atoms with Gasteiger partial charge in [0.2, 0.25) is 0 Å². The first-order valence-corrected chi connectivity index (χ1v) is 4.29. The van der Waals surface area contributed by atoms with Crippen LogP contribution in [0.4, 0.5) is 0 Å². The van der Waals surface area contributed by atoms with Crippen molar-refractivity contribution < 1.29 is 4.79 Å². The first-order chi connectivity index (χ1) is 5.70. The fraction of sp³-hybridized carbons (Fsp3) is 0.778. The van der Waals surface area contributed by atoms with Crippen LogP contribution < -0.4 is 0 Å². The molecule has 0 aromatic heterocycles. The molecular formula is C9H16N2O. The Labute approximate surface area is 74.0 Å². The van der Waals surface area contributed by atoms with Crippen molar-refractivity contribution in [3.8, 4) is 6.07 Å². The summed E-state index contributed by atoms with van der Waals surface area (Å²) in [6, 6.07) is 2.09. The lowest BCUT2D eigenvalue weighted by Crippen LogP contribution is -2.26. The maximum absolute atomic E-state index is 10.6. The molecule has 0 saturated carbocycles. The first-order valence-electron chi connectivity index (χ1n) is 4.29. The molecule has 12 heavy (non-hydrogen) atoms. The van der Waals surface area contributed by atoms with Gasteiger partial charge in [0.15, 0.2) is 0 Å². The van der Waals surface area contributed by atoms with Gasteiger partial charge in [0, 0.05) is 25.9 Å². The summed E-state index contributed by atoms with van der Waals surface area (Å²) < 4.78 is 0. The van der Waals surface area contributed by atoms with Crippen molar-refractivity contribution in [1.82, 2.24) is 4.90 Å². The highest BCUT2D eigenvalue weighted by molar-refractivity contribution is 5.75. The summed E-state index contributed by atoms with van der Waals surface area (Å²) in [5.74, 6) is 0.213. The Morgan fingerprint density at radius 2 is 2.17 bits per heavy atom. The number of hydrogen-bond donors (Lipinski definition) is 0. The van der Waals surface area contributed by atoms with E-state index < -0.39 is 0 Å². The molecule has 0 heterocycles. The predicted molar refractivity (Wildman–Crippen MR) is 47.6 cm³/mol. The Morgan fingerprint density at radius 1 is 1.50 bits per heavy atom. The summed E-state index contributed by atoms with van der Waals surface area (Å²) in [4.78, 5) is 12.8. The van der Waals surface area contributed by atoms with Gasteiger partial charge in [-0.1, -0.05) is 6.92 Å². The Hall–Kier alpha value is -0.880. The lowest BCUT2D eigenvalue weighted by molar-refractivity contribution is -0.117. The molecule has 0 atom stereocenters. The average molecular weight is 168 g/mol. The van der Waals surface area contributed by atoms with E-state index >= 15 is 0 Å². The summed E-state index contributed by atoms with van der Waals surface area (Å²) in [5.41, 5.74) is 0. The van der Waals surface area contributed by atoms with Crippen molar-refractivity contribution in [3.05, 3.63) is 0 Å². The number of carbonyl (C=O) groups excluding carboxylic acids is 1. The highest BCUT2D eigenvalue weighted by atomic mass is 16.1. The third kappa shape index (κ3) is 5.87. The second-order valence-electron chi connectivity index (χ2n) is 2.79. The minimum absolute atomic E-state index is 0.213. The van der Waals surface area contributed by atoms with E-state index in [9.17, 15) is 4.79 Å². The summed E-state index contributed by atoms with van der Waals surface area (Å²) >= 11 is 0. The lowest BCUT2D eigenvalue weighted by Gasteiger charge is -2.17. The van der Waals surface area contributed by atoms with Crippen LogP contribution in [0.25, 0.3) is 0 Å². The molecule has 3 nitrogen and oxygen atoms in total. The molecule has 3 heteroatoms. The molecule has 0 spiro atoms. The van der Waals surface area contributed by atoms with Crippen LogP contribution in [0.15, 0.2) is 0 Å². The first kappa shape index (κ1) is 11.1. The van der Waals surface area contributed by atoms with E-state index in [-0.39, 0.29) is 5.78 Å². The van der Waals surface area contributed by atoms with Crippen LogP contribution >= 0.6 is 0 Å². The van der Waals surface area contributed by atoms with Gasteiger partial charge in [0.25, 0.3) is 0 Å².